The van der Waals surface area contributed by atoms with E-state index in [1.54, 1.807) is 14.2 Å². The molecule has 0 amide bonds. The molecule has 24 heavy (non-hydrogen) atoms. The fourth-order valence-corrected chi connectivity index (χ4v) is 2.64. The fraction of sp³-hybridized carbons (Fsp3) is 0.429. The average molecular weight is 328 g/mol. The van der Waals surface area contributed by atoms with Crippen LogP contribution in [0.1, 0.15) is 43.4 Å². The summed E-state index contributed by atoms with van der Waals surface area (Å²) in [5.41, 5.74) is 3.81. The first-order valence-corrected chi connectivity index (χ1v) is 8.55. The summed E-state index contributed by atoms with van der Waals surface area (Å²) in [4.78, 5) is 0. The van der Waals surface area contributed by atoms with Crippen LogP contribution in [0.15, 0.2) is 36.4 Å². The standard InChI is InChI=1S/C21H28O3/c1-6-16-13-19(22-4)21(23-5)20(14-16)24-12-11-17-7-9-18(10-8-17)15(2)3/h7-10,13-15H,6,11-12H2,1-5H3. The third kappa shape index (κ3) is 4.44. The zero-order chi connectivity index (χ0) is 17.5. The molecule has 2 aromatic carbocycles. The quantitative estimate of drug-likeness (QED) is 0.681. The van der Waals surface area contributed by atoms with Gasteiger partial charge < -0.3 is 14.2 Å². The van der Waals surface area contributed by atoms with Gasteiger partial charge in [0, 0.05) is 6.42 Å². The number of ether oxygens (including phenoxy) is 3. The van der Waals surface area contributed by atoms with Crippen LogP contribution in [0.5, 0.6) is 17.2 Å². The molecule has 0 spiro atoms. The lowest BCUT2D eigenvalue weighted by molar-refractivity contribution is 0.286. The molecule has 0 aromatic heterocycles. The van der Waals surface area contributed by atoms with Crippen LogP contribution in [0.25, 0.3) is 0 Å². The van der Waals surface area contributed by atoms with Gasteiger partial charge in [-0.05, 0) is 41.2 Å². The molecule has 0 aliphatic heterocycles. The van der Waals surface area contributed by atoms with E-state index < -0.39 is 0 Å². The lowest BCUT2D eigenvalue weighted by Gasteiger charge is -2.15. The predicted octanol–water partition coefficient (Wildman–Crippen LogP) is 5.01. The Labute approximate surface area is 145 Å². The number of hydrogen-bond donors (Lipinski definition) is 0. The predicted molar refractivity (Wildman–Crippen MR) is 98.7 cm³/mol. The van der Waals surface area contributed by atoms with Crippen molar-refractivity contribution >= 4 is 0 Å². The van der Waals surface area contributed by atoms with Crippen LogP contribution in [0.3, 0.4) is 0 Å². The summed E-state index contributed by atoms with van der Waals surface area (Å²) < 4.78 is 16.9. The van der Waals surface area contributed by atoms with Crippen LogP contribution in [-0.2, 0) is 12.8 Å². The second kappa shape index (κ2) is 8.62. The van der Waals surface area contributed by atoms with E-state index in [1.165, 1.54) is 16.7 Å². The van der Waals surface area contributed by atoms with Gasteiger partial charge in [-0.3, -0.25) is 0 Å². The second-order valence-electron chi connectivity index (χ2n) is 6.18. The minimum atomic E-state index is 0.559. The minimum Gasteiger partial charge on any atom is -0.493 e. The number of benzene rings is 2. The van der Waals surface area contributed by atoms with Gasteiger partial charge in [-0.2, -0.15) is 0 Å². The topological polar surface area (TPSA) is 27.7 Å². The van der Waals surface area contributed by atoms with Gasteiger partial charge in [0.1, 0.15) is 0 Å². The minimum absolute atomic E-state index is 0.559. The molecule has 0 aliphatic carbocycles. The highest BCUT2D eigenvalue weighted by atomic mass is 16.5. The second-order valence-corrected chi connectivity index (χ2v) is 6.18. The molecule has 0 unspecified atom stereocenters. The zero-order valence-corrected chi connectivity index (χ0v) is 15.4. The maximum absolute atomic E-state index is 5.99. The Balaban J connectivity index is 2.05. The molecule has 0 N–H and O–H groups in total. The van der Waals surface area contributed by atoms with Gasteiger partial charge in [-0.25, -0.2) is 0 Å². The number of methoxy groups -OCH3 is 2. The summed E-state index contributed by atoms with van der Waals surface area (Å²) in [6, 6.07) is 12.8. The fourth-order valence-electron chi connectivity index (χ4n) is 2.64. The van der Waals surface area contributed by atoms with Crippen molar-refractivity contribution in [2.75, 3.05) is 20.8 Å². The Kier molecular flexibility index (Phi) is 6.53. The Morgan fingerprint density at radius 3 is 2.08 bits per heavy atom. The molecular weight excluding hydrogens is 300 g/mol. The monoisotopic (exact) mass is 328 g/mol. The van der Waals surface area contributed by atoms with Crippen molar-refractivity contribution in [3.05, 3.63) is 53.1 Å². The van der Waals surface area contributed by atoms with Crippen molar-refractivity contribution < 1.29 is 14.2 Å². The molecule has 0 heterocycles. The van der Waals surface area contributed by atoms with Gasteiger partial charge in [0.25, 0.3) is 0 Å². The summed E-state index contributed by atoms with van der Waals surface area (Å²) in [7, 11) is 3.29. The first kappa shape index (κ1) is 18.2. The van der Waals surface area contributed by atoms with Crippen LogP contribution in [0.4, 0.5) is 0 Å². The molecule has 2 rings (SSSR count). The van der Waals surface area contributed by atoms with Gasteiger partial charge in [-0.1, -0.05) is 45.0 Å². The average Bonchev–Trinajstić information content (AvgIpc) is 2.61. The molecule has 2 aromatic rings. The largest absolute Gasteiger partial charge is 0.493 e. The van der Waals surface area contributed by atoms with E-state index in [0.717, 1.165) is 18.6 Å². The van der Waals surface area contributed by atoms with E-state index in [-0.39, 0.29) is 0 Å². The SMILES string of the molecule is CCc1cc(OC)c(OC)c(OCCc2ccc(C(C)C)cc2)c1. The third-order valence-electron chi connectivity index (χ3n) is 4.21. The maximum Gasteiger partial charge on any atom is 0.203 e. The van der Waals surface area contributed by atoms with Crippen molar-refractivity contribution in [3.8, 4) is 17.2 Å². The highest BCUT2D eigenvalue weighted by Gasteiger charge is 2.13. The van der Waals surface area contributed by atoms with Gasteiger partial charge in [0.15, 0.2) is 11.5 Å². The van der Waals surface area contributed by atoms with E-state index in [4.69, 9.17) is 14.2 Å². The van der Waals surface area contributed by atoms with Gasteiger partial charge in [-0.15, -0.1) is 0 Å². The smallest absolute Gasteiger partial charge is 0.203 e. The highest BCUT2D eigenvalue weighted by molar-refractivity contribution is 5.53. The van der Waals surface area contributed by atoms with Gasteiger partial charge >= 0.3 is 0 Å². The van der Waals surface area contributed by atoms with E-state index in [9.17, 15) is 0 Å². The molecule has 0 bridgehead atoms. The summed E-state index contributed by atoms with van der Waals surface area (Å²) in [5.74, 6) is 2.68. The van der Waals surface area contributed by atoms with Crippen LogP contribution < -0.4 is 14.2 Å². The van der Waals surface area contributed by atoms with Crippen LogP contribution >= 0.6 is 0 Å². The highest BCUT2D eigenvalue weighted by Crippen LogP contribution is 2.38. The number of rotatable bonds is 8. The summed E-state index contributed by atoms with van der Waals surface area (Å²) in [6.45, 7) is 7.13. The third-order valence-corrected chi connectivity index (χ3v) is 4.21. The van der Waals surface area contributed by atoms with Crippen molar-refractivity contribution in [2.45, 2.75) is 39.5 Å². The Morgan fingerprint density at radius 2 is 1.54 bits per heavy atom. The number of aryl methyl sites for hydroxylation is 1. The van der Waals surface area contributed by atoms with Crippen LogP contribution in [0.2, 0.25) is 0 Å². The lowest BCUT2D eigenvalue weighted by Crippen LogP contribution is -2.04. The zero-order valence-electron chi connectivity index (χ0n) is 15.4. The van der Waals surface area contributed by atoms with Crippen LogP contribution in [-0.4, -0.2) is 20.8 Å². The van der Waals surface area contributed by atoms with Gasteiger partial charge in [0.2, 0.25) is 5.75 Å². The molecule has 0 fully saturated rings. The molecule has 0 aliphatic rings. The maximum atomic E-state index is 5.99. The molecule has 0 saturated carbocycles. The summed E-state index contributed by atoms with van der Waals surface area (Å²) >= 11 is 0. The molecule has 3 heteroatoms. The Bertz CT molecular complexity index is 645. The Hall–Kier alpha value is -2.16. The summed E-state index contributed by atoms with van der Waals surface area (Å²) in [6.07, 6.45) is 1.79. The van der Waals surface area contributed by atoms with Crippen LogP contribution in [0, 0.1) is 0 Å². The summed E-state index contributed by atoms with van der Waals surface area (Å²) in [5, 5.41) is 0. The van der Waals surface area contributed by atoms with Crippen molar-refractivity contribution in [1.29, 1.82) is 0 Å². The lowest BCUT2D eigenvalue weighted by atomic mass is 10.0. The van der Waals surface area contributed by atoms with E-state index in [2.05, 4.69) is 45.0 Å². The molecule has 0 saturated heterocycles. The van der Waals surface area contributed by atoms with E-state index >= 15 is 0 Å². The normalized spacial score (nSPS) is 10.8. The van der Waals surface area contributed by atoms with Crippen molar-refractivity contribution in [1.82, 2.24) is 0 Å². The molecule has 0 radical (unpaired) electrons. The van der Waals surface area contributed by atoms with E-state index in [1.807, 2.05) is 12.1 Å². The van der Waals surface area contributed by atoms with Crippen molar-refractivity contribution in [3.63, 3.8) is 0 Å². The molecular formula is C21H28O3. The van der Waals surface area contributed by atoms with E-state index in [0.29, 0.717) is 24.0 Å². The molecule has 0 atom stereocenters. The van der Waals surface area contributed by atoms with Gasteiger partial charge in [0.05, 0.1) is 20.8 Å². The molecule has 130 valence electrons. The first-order valence-electron chi connectivity index (χ1n) is 8.55. The Morgan fingerprint density at radius 1 is 0.875 bits per heavy atom. The van der Waals surface area contributed by atoms with Crippen molar-refractivity contribution in [2.24, 2.45) is 0 Å². The number of hydrogen-bond acceptors (Lipinski definition) is 3. The molecule has 3 nitrogen and oxygen atoms in total. The first-order chi connectivity index (χ1) is 11.6.